The molecule has 1 saturated heterocycles. The number of hydrogen-bond donors (Lipinski definition) is 1. The lowest BCUT2D eigenvalue weighted by atomic mass is 10.1. The smallest absolute Gasteiger partial charge is 0.318 e. The summed E-state index contributed by atoms with van der Waals surface area (Å²) in [6, 6.07) is 12.3. The molecule has 2 aliphatic heterocycles. The standard InChI is InChI=1S/C20H25N5O/c1-23-8-10-24(11-9-23)19-7-6-16(12-21-19)13-22-20(26)25-14-17-4-2-3-5-18(17)15-25/h2-7,12H,8-11,13-15H2,1H3,(H,22,26). The van der Waals surface area contributed by atoms with Crippen LogP contribution in [0.2, 0.25) is 0 Å². The van der Waals surface area contributed by atoms with Gasteiger partial charge in [0.25, 0.3) is 0 Å². The van der Waals surface area contributed by atoms with E-state index in [0.29, 0.717) is 19.6 Å². The van der Waals surface area contributed by atoms with Crippen LogP contribution in [0.3, 0.4) is 0 Å². The fourth-order valence-corrected chi connectivity index (χ4v) is 3.51. The Morgan fingerprint density at radius 1 is 1.04 bits per heavy atom. The van der Waals surface area contributed by atoms with E-state index in [2.05, 4.69) is 51.4 Å². The molecule has 3 heterocycles. The zero-order chi connectivity index (χ0) is 17.9. The van der Waals surface area contributed by atoms with Crippen molar-refractivity contribution in [3.05, 3.63) is 59.3 Å². The zero-order valence-corrected chi connectivity index (χ0v) is 15.2. The van der Waals surface area contributed by atoms with Crippen LogP contribution in [0, 0.1) is 0 Å². The van der Waals surface area contributed by atoms with Crippen molar-refractivity contribution in [1.29, 1.82) is 0 Å². The van der Waals surface area contributed by atoms with Gasteiger partial charge in [-0.3, -0.25) is 0 Å². The minimum absolute atomic E-state index is 0.0238. The third-order valence-electron chi connectivity index (χ3n) is 5.21. The van der Waals surface area contributed by atoms with E-state index >= 15 is 0 Å². The molecular weight excluding hydrogens is 326 g/mol. The highest BCUT2D eigenvalue weighted by Crippen LogP contribution is 2.22. The Balaban J connectivity index is 1.29. The minimum Gasteiger partial charge on any atom is -0.354 e. The van der Waals surface area contributed by atoms with Crippen LogP contribution in [0.15, 0.2) is 42.6 Å². The number of fused-ring (bicyclic) bond motifs is 1. The summed E-state index contributed by atoms with van der Waals surface area (Å²) in [5, 5.41) is 3.01. The third-order valence-corrected chi connectivity index (χ3v) is 5.21. The lowest BCUT2D eigenvalue weighted by molar-refractivity contribution is 0.198. The number of rotatable bonds is 3. The van der Waals surface area contributed by atoms with Gasteiger partial charge in [-0.25, -0.2) is 9.78 Å². The monoisotopic (exact) mass is 351 g/mol. The molecule has 26 heavy (non-hydrogen) atoms. The largest absolute Gasteiger partial charge is 0.354 e. The molecule has 0 atom stereocenters. The van der Waals surface area contributed by atoms with Crippen molar-refractivity contribution < 1.29 is 4.79 Å². The second kappa shape index (κ2) is 7.33. The first-order chi connectivity index (χ1) is 12.7. The number of carbonyl (C=O) groups excluding carboxylic acids is 1. The summed E-state index contributed by atoms with van der Waals surface area (Å²) < 4.78 is 0. The summed E-state index contributed by atoms with van der Waals surface area (Å²) in [7, 11) is 2.15. The van der Waals surface area contributed by atoms with Crippen molar-refractivity contribution in [2.75, 3.05) is 38.1 Å². The Labute approximate surface area is 154 Å². The number of piperazine rings is 1. The van der Waals surface area contributed by atoms with E-state index in [0.717, 1.165) is 37.6 Å². The number of urea groups is 1. The van der Waals surface area contributed by atoms with Gasteiger partial charge in [-0.15, -0.1) is 0 Å². The quantitative estimate of drug-likeness (QED) is 0.920. The average Bonchev–Trinajstić information content (AvgIpc) is 3.11. The molecular formula is C20H25N5O. The van der Waals surface area contributed by atoms with E-state index in [-0.39, 0.29) is 6.03 Å². The van der Waals surface area contributed by atoms with Crippen molar-refractivity contribution in [2.24, 2.45) is 0 Å². The molecule has 0 spiro atoms. The molecule has 2 aliphatic rings. The minimum atomic E-state index is -0.0238. The number of amides is 2. The van der Waals surface area contributed by atoms with Gasteiger partial charge in [0.15, 0.2) is 0 Å². The second-order valence-electron chi connectivity index (χ2n) is 7.10. The van der Waals surface area contributed by atoms with E-state index in [1.54, 1.807) is 0 Å². The van der Waals surface area contributed by atoms with Gasteiger partial charge >= 0.3 is 6.03 Å². The number of nitrogens with one attached hydrogen (secondary N) is 1. The summed E-state index contributed by atoms with van der Waals surface area (Å²) >= 11 is 0. The number of nitrogens with zero attached hydrogens (tertiary/aromatic N) is 4. The predicted molar refractivity (Wildman–Crippen MR) is 102 cm³/mol. The summed E-state index contributed by atoms with van der Waals surface area (Å²) in [5.74, 6) is 1.02. The van der Waals surface area contributed by atoms with Crippen LogP contribution in [0.1, 0.15) is 16.7 Å². The van der Waals surface area contributed by atoms with E-state index in [9.17, 15) is 4.79 Å². The molecule has 4 rings (SSSR count). The molecule has 2 amide bonds. The maximum atomic E-state index is 12.4. The first-order valence-electron chi connectivity index (χ1n) is 9.17. The maximum Gasteiger partial charge on any atom is 0.318 e. The Morgan fingerprint density at radius 3 is 2.35 bits per heavy atom. The zero-order valence-electron chi connectivity index (χ0n) is 15.2. The lowest BCUT2D eigenvalue weighted by Crippen LogP contribution is -2.44. The lowest BCUT2D eigenvalue weighted by Gasteiger charge is -2.33. The Bertz CT molecular complexity index is 743. The molecule has 1 fully saturated rings. The van der Waals surface area contributed by atoms with Gasteiger partial charge in [-0.05, 0) is 29.8 Å². The van der Waals surface area contributed by atoms with Gasteiger partial charge in [0.2, 0.25) is 0 Å². The van der Waals surface area contributed by atoms with Crippen molar-refractivity contribution >= 4 is 11.8 Å². The number of hydrogen-bond acceptors (Lipinski definition) is 4. The van der Waals surface area contributed by atoms with Crippen LogP contribution in [0.4, 0.5) is 10.6 Å². The molecule has 2 aromatic rings. The molecule has 0 bridgehead atoms. The highest BCUT2D eigenvalue weighted by atomic mass is 16.2. The number of carbonyl (C=O) groups is 1. The molecule has 0 unspecified atom stereocenters. The molecule has 6 heteroatoms. The Morgan fingerprint density at radius 2 is 1.73 bits per heavy atom. The molecule has 136 valence electrons. The van der Waals surface area contributed by atoms with E-state index in [1.165, 1.54) is 11.1 Å². The average molecular weight is 351 g/mol. The fourth-order valence-electron chi connectivity index (χ4n) is 3.51. The summed E-state index contributed by atoms with van der Waals surface area (Å²) in [4.78, 5) is 23.5. The fraction of sp³-hybridized carbons (Fsp3) is 0.400. The topological polar surface area (TPSA) is 51.7 Å². The SMILES string of the molecule is CN1CCN(c2ccc(CNC(=O)N3Cc4ccccc4C3)cn2)CC1. The molecule has 0 aliphatic carbocycles. The highest BCUT2D eigenvalue weighted by Gasteiger charge is 2.22. The number of benzene rings is 1. The van der Waals surface area contributed by atoms with Crippen LogP contribution in [-0.2, 0) is 19.6 Å². The molecule has 1 aromatic heterocycles. The van der Waals surface area contributed by atoms with Crippen LogP contribution in [0.5, 0.6) is 0 Å². The normalized spacial score (nSPS) is 17.3. The van der Waals surface area contributed by atoms with Gasteiger partial charge < -0.3 is 20.0 Å². The summed E-state index contributed by atoms with van der Waals surface area (Å²) in [6.07, 6.45) is 1.87. The number of anilines is 1. The highest BCUT2D eigenvalue weighted by molar-refractivity contribution is 5.75. The number of aromatic nitrogens is 1. The first-order valence-corrected chi connectivity index (χ1v) is 9.17. The van der Waals surface area contributed by atoms with Crippen molar-refractivity contribution in [3.63, 3.8) is 0 Å². The first kappa shape index (κ1) is 16.8. The summed E-state index contributed by atoms with van der Waals surface area (Å²) in [5.41, 5.74) is 3.50. The van der Waals surface area contributed by atoms with Crippen LogP contribution in [0.25, 0.3) is 0 Å². The predicted octanol–water partition coefficient (Wildman–Crippen LogP) is 2.06. The van der Waals surface area contributed by atoms with Gasteiger partial charge in [-0.1, -0.05) is 30.3 Å². The third kappa shape index (κ3) is 3.65. The molecule has 1 aromatic carbocycles. The van der Waals surface area contributed by atoms with Gasteiger partial charge in [-0.2, -0.15) is 0 Å². The second-order valence-corrected chi connectivity index (χ2v) is 7.10. The van der Waals surface area contributed by atoms with E-state index < -0.39 is 0 Å². The molecule has 0 radical (unpaired) electrons. The van der Waals surface area contributed by atoms with Gasteiger partial charge in [0.1, 0.15) is 5.82 Å². The van der Waals surface area contributed by atoms with E-state index in [1.807, 2.05) is 23.2 Å². The van der Waals surface area contributed by atoms with Gasteiger partial charge in [0.05, 0.1) is 0 Å². The van der Waals surface area contributed by atoms with Crippen LogP contribution >= 0.6 is 0 Å². The summed E-state index contributed by atoms with van der Waals surface area (Å²) in [6.45, 7) is 6.02. The van der Waals surface area contributed by atoms with Crippen LogP contribution in [-0.4, -0.2) is 54.0 Å². The van der Waals surface area contributed by atoms with Crippen molar-refractivity contribution in [2.45, 2.75) is 19.6 Å². The number of pyridine rings is 1. The van der Waals surface area contributed by atoms with E-state index in [4.69, 9.17) is 0 Å². The van der Waals surface area contributed by atoms with Gasteiger partial charge in [0, 0.05) is 52.0 Å². The van der Waals surface area contributed by atoms with Crippen LogP contribution < -0.4 is 10.2 Å². The van der Waals surface area contributed by atoms with Crippen molar-refractivity contribution in [3.8, 4) is 0 Å². The Kier molecular flexibility index (Phi) is 4.75. The molecule has 6 nitrogen and oxygen atoms in total. The Hall–Kier alpha value is -2.60. The van der Waals surface area contributed by atoms with Crippen molar-refractivity contribution in [1.82, 2.24) is 20.1 Å². The molecule has 0 saturated carbocycles. The molecule has 1 N–H and O–H groups in total. The maximum absolute atomic E-state index is 12.4. The number of likely N-dealkylation sites (N-methyl/N-ethyl adjacent to an activating group) is 1.